The van der Waals surface area contributed by atoms with Gasteiger partial charge in [0.15, 0.2) is 11.6 Å². The van der Waals surface area contributed by atoms with Gasteiger partial charge in [0.25, 0.3) is 0 Å². The summed E-state index contributed by atoms with van der Waals surface area (Å²) >= 11 is 0. The zero-order valence-corrected chi connectivity index (χ0v) is 17.9. The minimum Gasteiger partial charge on any atom is -0.506 e. The third kappa shape index (κ3) is 4.46. The number of aromatic nitrogens is 1. The zero-order chi connectivity index (χ0) is 22.7. The Labute approximate surface area is 185 Å². The van der Waals surface area contributed by atoms with Crippen LogP contribution in [0.15, 0.2) is 53.7 Å². The molecular weight excluding hydrogens is 411 g/mol. The van der Waals surface area contributed by atoms with Crippen molar-refractivity contribution in [2.45, 2.75) is 33.1 Å². The van der Waals surface area contributed by atoms with Gasteiger partial charge in [-0.25, -0.2) is 14.2 Å². The molecule has 3 aromatic rings. The number of ether oxygens (including phenoxy) is 1. The van der Waals surface area contributed by atoms with E-state index in [0.29, 0.717) is 29.8 Å². The molecule has 0 bridgehead atoms. The molecule has 7 heteroatoms. The Kier molecular flexibility index (Phi) is 6.16. The fourth-order valence-corrected chi connectivity index (χ4v) is 3.70. The predicted octanol–water partition coefficient (Wildman–Crippen LogP) is 4.74. The second-order valence-electron chi connectivity index (χ2n) is 7.60. The van der Waals surface area contributed by atoms with E-state index in [1.165, 1.54) is 0 Å². The van der Waals surface area contributed by atoms with Crippen LogP contribution in [0.2, 0.25) is 0 Å². The summed E-state index contributed by atoms with van der Waals surface area (Å²) in [6.45, 7) is 3.70. The van der Waals surface area contributed by atoms with Gasteiger partial charge in [-0.2, -0.15) is 0 Å². The summed E-state index contributed by atoms with van der Waals surface area (Å²) in [7, 11) is 0. The second kappa shape index (κ2) is 9.18. The molecule has 0 saturated heterocycles. The summed E-state index contributed by atoms with van der Waals surface area (Å²) in [5.74, 6) is -0.681. The number of pyridine rings is 1. The van der Waals surface area contributed by atoms with E-state index in [0.717, 1.165) is 22.4 Å². The number of aryl methyl sites for hydroxylation is 1. The van der Waals surface area contributed by atoms with E-state index in [1.807, 2.05) is 37.3 Å². The first-order chi connectivity index (χ1) is 15.5. The van der Waals surface area contributed by atoms with Crippen LogP contribution in [0.3, 0.4) is 0 Å². The van der Waals surface area contributed by atoms with Gasteiger partial charge < -0.3 is 14.7 Å². The molecular formula is C25H23FN2O4. The minimum absolute atomic E-state index is 0.00937. The number of carbonyl (C=O) groups excluding carboxylic acids is 1. The van der Waals surface area contributed by atoms with E-state index in [4.69, 9.17) is 4.74 Å². The lowest BCUT2D eigenvalue weighted by atomic mass is 9.94. The zero-order valence-electron chi connectivity index (χ0n) is 17.9. The number of hydrogen-bond acceptors (Lipinski definition) is 6. The van der Waals surface area contributed by atoms with Gasteiger partial charge in [-0.15, -0.1) is 0 Å². The van der Waals surface area contributed by atoms with Gasteiger partial charge in [0.05, 0.1) is 6.42 Å². The van der Waals surface area contributed by atoms with Crippen LogP contribution in [0.1, 0.15) is 35.7 Å². The average molecular weight is 434 g/mol. The smallest absolute Gasteiger partial charge is 0.340 e. The number of hydrogen-bond donors (Lipinski definition) is 1. The number of rotatable bonds is 7. The fourth-order valence-electron chi connectivity index (χ4n) is 3.70. The Morgan fingerprint density at radius 2 is 1.97 bits per heavy atom. The van der Waals surface area contributed by atoms with Crippen molar-refractivity contribution in [1.82, 2.24) is 4.98 Å². The molecule has 0 fully saturated rings. The highest BCUT2D eigenvalue weighted by Crippen LogP contribution is 2.31. The summed E-state index contributed by atoms with van der Waals surface area (Å²) in [6, 6.07) is 14.5. The molecule has 32 heavy (non-hydrogen) atoms. The fraction of sp³-hybridized carbons (Fsp3) is 0.240. The van der Waals surface area contributed by atoms with Gasteiger partial charge in [-0.05, 0) is 48.2 Å². The van der Waals surface area contributed by atoms with Crippen molar-refractivity contribution < 1.29 is 23.9 Å². The average Bonchev–Trinajstić information content (AvgIpc) is 3.23. The molecule has 2 heterocycles. The van der Waals surface area contributed by atoms with Gasteiger partial charge in [0, 0.05) is 17.7 Å². The van der Waals surface area contributed by atoms with Gasteiger partial charge in [-0.1, -0.05) is 42.4 Å². The molecule has 0 amide bonds. The van der Waals surface area contributed by atoms with Crippen molar-refractivity contribution in [1.29, 1.82) is 0 Å². The molecule has 1 N–H and O–H groups in total. The molecule has 0 spiro atoms. The first kappa shape index (κ1) is 21.5. The Balaban J connectivity index is 1.61. The quantitative estimate of drug-likeness (QED) is 0.544. The molecule has 1 aliphatic rings. The van der Waals surface area contributed by atoms with Crippen LogP contribution in [-0.4, -0.2) is 28.4 Å². The van der Waals surface area contributed by atoms with E-state index in [2.05, 4.69) is 15.0 Å². The van der Waals surface area contributed by atoms with E-state index >= 15 is 4.39 Å². The number of benzene rings is 2. The van der Waals surface area contributed by atoms with Crippen molar-refractivity contribution in [2.75, 3.05) is 6.61 Å². The van der Waals surface area contributed by atoms with Crippen LogP contribution in [0.5, 0.6) is 11.5 Å². The summed E-state index contributed by atoms with van der Waals surface area (Å²) in [5.41, 5.74) is 4.72. The third-order valence-electron chi connectivity index (χ3n) is 5.43. The van der Waals surface area contributed by atoms with Crippen LogP contribution in [-0.2, 0) is 22.5 Å². The monoisotopic (exact) mass is 434 g/mol. The molecule has 2 aromatic carbocycles. The highest BCUT2D eigenvalue weighted by molar-refractivity contribution is 6.02. The van der Waals surface area contributed by atoms with E-state index in [9.17, 15) is 9.90 Å². The van der Waals surface area contributed by atoms with Gasteiger partial charge in [0.1, 0.15) is 23.8 Å². The molecule has 0 atom stereocenters. The Bertz CT molecular complexity index is 1190. The Morgan fingerprint density at radius 3 is 2.66 bits per heavy atom. The summed E-state index contributed by atoms with van der Waals surface area (Å²) in [4.78, 5) is 20.3. The number of oxime groups is 1. The summed E-state index contributed by atoms with van der Waals surface area (Å²) in [6.07, 6.45) is 1.15. The molecule has 0 radical (unpaired) electrons. The van der Waals surface area contributed by atoms with E-state index in [1.54, 1.807) is 25.1 Å². The Hall–Kier alpha value is -3.74. The van der Waals surface area contributed by atoms with Crippen LogP contribution >= 0.6 is 0 Å². The topological polar surface area (TPSA) is 81.0 Å². The van der Waals surface area contributed by atoms with Crippen LogP contribution < -0.4 is 4.74 Å². The molecule has 4 rings (SSSR count). The molecule has 6 nitrogen and oxygen atoms in total. The van der Waals surface area contributed by atoms with E-state index < -0.39 is 11.8 Å². The van der Waals surface area contributed by atoms with Crippen LogP contribution in [0.25, 0.3) is 11.3 Å². The second-order valence-corrected chi connectivity index (χ2v) is 7.60. The van der Waals surface area contributed by atoms with Crippen molar-refractivity contribution in [3.63, 3.8) is 0 Å². The van der Waals surface area contributed by atoms with Crippen LogP contribution in [0, 0.1) is 12.7 Å². The van der Waals surface area contributed by atoms with Crippen LogP contribution in [0.4, 0.5) is 4.39 Å². The highest BCUT2D eigenvalue weighted by Gasteiger charge is 2.21. The maximum atomic E-state index is 15.1. The van der Waals surface area contributed by atoms with Crippen molar-refractivity contribution in [2.24, 2.45) is 5.16 Å². The number of aromatic hydroxyl groups is 1. The first-order valence-corrected chi connectivity index (χ1v) is 10.4. The van der Waals surface area contributed by atoms with Crippen molar-refractivity contribution in [3.05, 3.63) is 76.7 Å². The highest BCUT2D eigenvalue weighted by atomic mass is 19.1. The lowest BCUT2D eigenvalue weighted by molar-refractivity contribution is -0.140. The summed E-state index contributed by atoms with van der Waals surface area (Å²) < 4.78 is 20.7. The van der Waals surface area contributed by atoms with Gasteiger partial charge in [-0.3, -0.25) is 0 Å². The molecule has 0 unspecified atom stereocenters. The van der Waals surface area contributed by atoms with Gasteiger partial charge in [0.2, 0.25) is 0 Å². The SMILES string of the molecule is CCc1cc(OCC2=NOC(=O)C2)c(F)c(C)c1Cc1ccc(O)c(-c2ccccc2)n1. The van der Waals surface area contributed by atoms with E-state index in [-0.39, 0.29) is 24.5 Å². The number of carbonyl (C=O) groups is 1. The third-order valence-corrected chi connectivity index (χ3v) is 5.43. The lowest BCUT2D eigenvalue weighted by Crippen LogP contribution is -2.13. The maximum absolute atomic E-state index is 15.1. The molecule has 1 aromatic heterocycles. The Morgan fingerprint density at radius 1 is 1.19 bits per heavy atom. The molecule has 0 aliphatic carbocycles. The largest absolute Gasteiger partial charge is 0.506 e. The molecule has 0 saturated carbocycles. The maximum Gasteiger partial charge on any atom is 0.340 e. The van der Waals surface area contributed by atoms with Gasteiger partial charge >= 0.3 is 5.97 Å². The molecule has 1 aliphatic heterocycles. The molecule has 164 valence electrons. The van der Waals surface area contributed by atoms with Crippen molar-refractivity contribution >= 4 is 11.7 Å². The normalized spacial score (nSPS) is 13.1. The van der Waals surface area contributed by atoms with Crippen molar-refractivity contribution in [3.8, 4) is 22.8 Å². The standard InChI is InChI=1S/C25H23FN2O4/c1-3-16-11-22(31-14-19-13-23(30)32-28-19)24(26)15(2)20(16)12-18-9-10-21(29)25(27-18)17-7-5-4-6-8-17/h4-11,29H,3,12-14H2,1-2H3. The summed E-state index contributed by atoms with van der Waals surface area (Å²) in [5, 5.41) is 13.9. The minimum atomic E-state index is -0.454. The number of halogens is 1. The number of nitrogens with zero attached hydrogens (tertiary/aromatic N) is 2. The lowest BCUT2D eigenvalue weighted by Gasteiger charge is -2.17. The predicted molar refractivity (Wildman–Crippen MR) is 118 cm³/mol. The first-order valence-electron chi connectivity index (χ1n) is 10.4.